The first-order chi connectivity index (χ1) is 7.79. The van der Waals surface area contributed by atoms with Crippen LogP contribution in [0.15, 0.2) is 35.5 Å². The quantitative estimate of drug-likeness (QED) is 0.811. The Morgan fingerprint density at radius 3 is 2.12 bits per heavy atom. The Morgan fingerprint density at radius 2 is 1.69 bits per heavy atom. The largest absolute Gasteiger partial charge is 0.391 e. The Labute approximate surface area is 99.6 Å². The van der Waals surface area contributed by atoms with Crippen LogP contribution in [0.3, 0.4) is 0 Å². The smallest absolute Gasteiger partial charge is 0.0141 e. The van der Waals surface area contributed by atoms with E-state index in [1.807, 2.05) is 20.9 Å². The first-order valence-corrected chi connectivity index (χ1v) is 6.24. The van der Waals surface area contributed by atoms with Crippen LogP contribution in [0.5, 0.6) is 0 Å². The van der Waals surface area contributed by atoms with Gasteiger partial charge in [0.1, 0.15) is 0 Å². The van der Waals surface area contributed by atoms with Gasteiger partial charge in [-0.2, -0.15) is 0 Å². The highest BCUT2D eigenvalue weighted by Gasteiger charge is 2.16. The van der Waals surface area contributed by atoms with Crippen LogP contribution in [0.1, 0.15) is 37.8 Å². The third-order valence-corrected chi connectivity index (χ3v) is 2.73. The van der Waals surface area contributed by atoms with Crippen molar-refractivity contribution in [3.05, 3.63) is 46.7 Å². The van der Waals surface area contributed by atoms with Gasteiger partial charge in [0.05, 0.1) is 0 Å². The molecule has 0 saturated heterocycles. The molecule has 0 heterocycles. The summed E-state index contributed by atoms with van der Waals surface area (Å²) >= 11 is 0. The minimum absolute atomic E-state index is 1.06. The molecular formula is C15H23N. The average Bonchev–Trinajstić information content (AvgIpc) is 3.15. The Bertz CT molecular complexity index is 340. The molecule has 1 aromatic carbocycles. The van der Waals surface area contributed by atoms with E-state index < -0.39 is 0 Å². The van der Waals surface area contributed by atoms with Crippen LogP contribution >= 0.6 is 0 Å². The first kappa shape index (κ1) is 12.8. The lowest BCUT2D eigenvalue weighted by atomic mass is 10.1. The standard InChI is InChI=1S/C13H17N.C2H6/c1-10-3-5-11(6-4-10)9-13(14-2)12-7-8-12;1-2/h3-6,14H,7-9H2,1-2H3;1-2H3. The van der Waals surface area contributed by atoms with Crippen LogP contribution in [-0.2, 0) is 6.42 Å². The maximum absolute atomic E-state index is 3.31. The minimum Gasteiger partial charge on any atom is -0.391 e. The maximum Gasteiger partial charge on any atom is 0.0141 e. The molecule has 0 unspecified atom stereocenters. The van der Waals surface area contributed by atoms with E-state index in [1.54, 1.807) is 5.57 Å². The molecule has 16 heavy (non-hydrogen) atoms. The lowest BCUT2D eigenvalue weighted by molar-refractivity contribution is 0.912. The monoisotopic (exact) mass is 217 g/mol. The van der Waals surface area contributed by atoms with Crippen LogP contribution in [-0.4, -0.2) is 7.05 Å². The number of likely N-dealkylation sites (N-methyl/N-ethyl adjacent to an activating group) is 1. The fraction of sp³-hybridized carbons (Fsp3) is 0.467. The summed E-state index contributed by atoms with van der Waals surface area (Å²) in [6, 6.07) is 8.80. The van der Waals surface area contributed by atoms with E-state index in [4.69, 9.17) is 0 Å². The van der Waals surface area contributed by atoms with Crippen LogP contribution in [0.25, 0.3) is 0 Å². The van der Waals surface area contributed by atoms with E-state index >= 15 is 0 Å². The zero-order valence-corrected chi connectivity index (χ0v) is 10.9. The molecule has 0 aliphatic heterocycles. The molecule has 0 amide bonds. The molecule has 2 rings (SSSR count). The van der Waals surface area contributed by atoms with Crippen LogP contribution < -0.4 is 5.32 Å². The van der Waals surface area contributed by atoms with E-state index in [0.29, 0.717) is 0 Å². The van der Waals surface area contributed by atoms with Gasteiger partial charge in [0.2, 0.25) is 0 Å². The maximum atomic E-state index is 3.31. The van der Waals surface area contributed by atoms with Crippen molar-refractivity contribution in [2.75, 3.05) is 7.05 Å². The molecule has 0 aromatic heterocycles. The second kappa shape index (κ2) is 6.37. The molecule has 1 aliphatic rings. The van der Waals surface area contributed by atoms with Crippen molar-refractivity contribution in [2.45, 2.75) is 40.0 Å². The van der Waals surface area contributed by atoms with E-state index in [1.165, 1.54) is 29.7 Å². The van der Waals surface area contributed by atoms with Gasteiger partial charge >= 0.3 is 0 Å². The Morgan fingerprint density at radius 1 is 1.12 bits per heavy atom. The summed E-state index contributed by atoms with van der Waals surface area (Å²) in [4.78, 5) is 0. The molecule has 1 fully saturated rings. The Balaban J connectivity index is 0.000000606. The van der Waals surface area contributed by atoms with E-state index in [9.17, 15) is 0 Å². The molecule has 1 N–H and O–H groups in total. The fourth-order valence-corrected chi connectivity index (χ4v) is 1.66. The number of nitrogens with one attached hydrogen (secondary N) is 1. The predicted molar refractivity (Wildman–Crippen MR) is 71.6 cm³/mol. The number of hydrogen-bond donors (Lipinski definition) is 1. The van der Waals surface area contributed by atoms with Crippen molar-refractivity contribution in [1.29, 1.82) is 0 Å². The van der Waals surface area contributed by atoms with Crippen molar-refractivity contribution >= 4 is 0 Å². The van der Waals surface area contributed by atoms with E-state index in [-0.39, 0.29) is 0 Å². The van der Waals surface area contributed by atoms with Gasteiger partial charge in [-0.25, -0.2) is 0 Å². The second-order valence-corrected chi connectivity index (χ2v) is 3.99. The lowest BCUT2D eigenvalue weighted by Gasteiger charge is -2.06. The van der Waals surface area contributed by atoms with Crippen molar-refractivity contribution in [2.24, 2.45) is 0 Å². The molecule has 1 aromatic rings. The molecule has 0 bridgehead atoms. The molecular weight excluding hydrogens is 194 g/mol. The van der Waals surface area contributed by atoms with Crippen LogP contribution in [0.2, 0.25) is 0 Å². The molecule has 1 nitrogen and oxygen atoms in total. The van der Waals surface area contributed by atoms with E-state index in [0.717, 1.165) is 6.42 Å². The third-order valence-electron chi connectivity index (χ3n) is 2.73. The van der Waals surface area contributed by atoms with Crippen LogP contribution in [0.4, 0.5) is 0 Å². The topological polar surface area (TPSA) is 12.0 Å². The third kappa shape index (κ3) is 3.73. The summed E-state index contributed by atoms with van der Waals surface area (Å²) in [6.45, 7) is 6.13. The molecule has 88 valence electrons. The van der Waals surface area contributed by atoms with Gasteiger partial charge in [0.15, 0.2) is 0 Å². The first-order valence-electron chi connectivity index (χ1n) is 6.24. The molecule has 0 atom stereocenters. The highest BCUT2D eigenvalue weighted by molar-refractivity contribution is 5.31. The Kier molecular flexibility index (Phi) is 5.10. The van der Waals surface area contributed by atoms with Crippen molar-refractivity contribution < 1.29 is 0 Å². The summed E-state index contributed by atoms with van der Waals surface area (Å²) in [5, 5.41) is 3.31. The van der Waals surface area contributed by atoms with E-state index in [2.05, 4.69) is 36.5 Å². The minimum atomic E-state index is 1.06. The summed E-state index contributed by atoms with van der Waals surface area (Å²) < 4.78 is 0. The predicted octanol–water partition coefficient (Wildman–Crippen LogP) is 3.83. The number of rotatable bonds is 3. The highest BCUT2D eigenvalue weighted by Crippen LogP contribution is 2.31. The summed E-state index contributed by atoms with van der Waals surface area (Å²) in [5.74, 6) is 0. The van der Waals surface area contributed by atoms with Crippen molar-refractivity contribution in [3.63, 3.8) is 0 Å². The molecule has 1 saturated carbocycles. The lowest BCUT2D eigenvalue weighted by Crippen LogP contribution is -2.08. The summed E-state index contributed by atoms with van der Waals surface area (Å²) in [7, 11) is 2.02. The normalized spacial score (nSPS) is 12.6. The van der Waals surface area contributed by atoms with Gasteiger partial charge in [-0.1, -0.05) is 49.2 Å². The fourth-order valence-electron chi connectivity index (χ4n) is 1.66. The number of aryl methyl sites for hydroxylation is 1. The van der Waals surface area contributed by atoms with Crippen molar-refractivity contribution in [1.82, 2.24) is 5.32 Å². The highest BCUT2D eigenvalue weighted by atomic mass is 14.8. The van der Waals surface area contributed by atoms with Gasteiger partial charge in [0, 0.05) is 19.2 Å². The molecule has 1 heteroatoms. The van der Waals surface area contributed by atoms with Gasteiger partial charge in [0.25, 0.3) is 0 Å². The van der Waals surface area contributed by atoms with Gasteiger partial charge in [-0.3, -0.25) is 0 Å². The summed E-state index contributed by atoms with van der Waals surface area (Å²) in [6.07, 6.45) is 3.65. The number of hydrogen-bond acceptors (Lipinski definition) is 1. The van der Waals surface area contributed by atoms with Crippen LogP contribution in [0, 0.1) is 6.92 Å². The number of benzene rings is 1. The zero-order chi connectivity index (χ0) is 12.0. The summed E-state index contributed by atoms with van der Waals surface area (Å²) in [5.41, 5.74) is 5.76. The van der Waals surface area contributed by atoms with Gasteiger partial charge < -0.3 is 5.32 Å². The number of allylic oxidation sites excluding steroid dienone is 2. The molecule has 1 aliphatic carbocycles. The Hall–Kier alpha value is -1.24. The molecule has 0 spiro atoms. The van der Waals surface area contributed by atoms with Gasteiger partial charge in [-0.15, -0.1) is 0 Å². The molecule has 0 radical (unpaired) electrons. The van der Waals surface area contributed by atoms with Gasteiger partial charge in [-0.05, 0) is 25.3 Å². The second-order valence-electron chi connectivity index (χ2n) is 3.99. The SMILES string of the molecule is CC.CNC(Cc1ccc(C)cc1)=C1CC1. The van der Waals surface area contributed by atoms with Crippen molar-refractivity contribution in [3.8, 4) is 0 Å². The zero-order valence-electron chi connectivity index (χ0n) is 10.9. The average molecular weight is 217 g/mol.